The molecule has 0 spiro atoms. The summed E-state index contributed by atoms with van der Waals surface area (Å²) >= 11 is 10.7. The number of rotatable bonds is 6. The normalized spacial score (nSPS) is 10.1. The number of benzene rings is 2. The molecule has 0 atom stereocenters. The Balaban J connectivity index is 2.08. The van der Waals surface area contributed by atoms with E-state index in [9.17, 15) is 14.4 Å². The van der Waals surface area contributed by atoms with Crippen LogP contribution in [0.1, 0.15) is 15.9 Å². The summed E-state index contributed by atoms with van der Waals surface area (Å²) in [7, 11) is 0. The van der Waals surface area contributed by atoms with Gasteiger partial charge < -0.3 is 9.47 Å². The Hall–Kier alpha value is -2.37. The lowest BCUT2D eigenvalue weighted by atomic mass is 10.0. The molecule has 0 fully saturated rings. The van der Waals surface area contributed by atoms with Gasteiger partial charge in [-0.1, -0.05) is 0 Å². The number of esters is 2. The minimum absolute atomic E-state index is 0.222. The highest BCUT2D eigenvalue weighted by Crippen LogP contribution is 2.18. The predicted octanol–water partition coefficient (Wildman–Crippen LogP) is 3.21. The first-order valence-corrected chi connectivity index (χ1v) is 7.88. The van der Waals surface area contributed by atoms with E-state index >= 15 is 0 Å². The van der Waals surface area contributed by atoms with E-state index in [4.69, 9.17) is 32.7 Å². The molecule has 0 bridgehead atoms. The minimum Gasteiger partial charge on any atom is -0.426 e. The van der Waals surface area contributed by atoms with E-state index in [0.717, 1.165) is 0 Å². The van der Waals surface area contributed by atoms with Crippen LogP contribution in [0.2, 0.25) is 0 Å². The monoisotopic (exact) mass is 366 g/mol. The Bertz CT molecular complexity index is 675. The fourth-order valence-corrected chi connectivity index (χ4v) is 1.94. The van der Waals surface area contributed by atoms with Gasteiger partial charge in [0.05, 0.1) is 0 Å². The first-order valence-electron chi connectivity index (χ1n) is 6.81. The van der Waals surface area contributed by atoms with Crippen LogP contribution in [0.15, 0.2) is 48.5 Å². The molecular formula is C17H12Cl2O5. The fourth-order valence-electron chi connectivity index (χ4n) is 1.83. The largest absolute Gasteiger partial charge is 0.426 e. The molecule has 2 aromatic rings. The second-order valence-corrected chi connectivity index (χ2v) is 5.13. The summed E-state index contributed by atoms with van der Waals surface area (Å²) < 4.78 is 9.85. The highest BCUT2D eigenvalue weighted by atomic mass is 35.5. The van der Waals surface area contributed by atoms with Crippen LogP contribution in [0.3, 0.4) is 0 Å². The van der Waals surface area contributed by atoms with E-state index in [1.54, 1.807) is 24.3 Å². The molecule has 0 saturated heterocycles. The molecule has 0 saturated carbocycles. The van der Waals surface area contributed by atoms with E-state index in [1.165, 1.54) is 24.3 Å². The highest BCUT2D eigenvalue weighted by Gasteiger charge is 2.11. The van der Waals surface area contributed by atoms with Crippen molar-refractivity contribution in [1.82, 2.24) is 0 Å². The van der Waals surface area contributed by atoms with Crippen molar-refractivity contribution < 1.29 is 23.9 Å². The first kappa shape index (κ1) is 18.0. The minimum atomic E-state index is -0.571. The number of hydrogen-bond donors (Lipinski definition) is 0. The summed E-state index contributed by atoms with van der Waals surface area (Å²) in [6, 6.07) is 12.2. The van der Waals surface area contributed by atoms with E-state index in [-0.39, 0.29) is 17.5 Å². The van der Waals surface area contributed by atoms with Gasteiger partial charge in [0.25, 0.3) is 0 Å². The van der Waals surface area contributed by atoms with Crippen LogP contribution in [-0.4, -0.2) is 29.5 Å². The number of halogens is 2. The van der Waals surface area contributed by atoms with E-state index in [0.29, 0.717) is 22.6 Å². The predicted molar refractivity (Wildman–Crippen MR) is 89.0 cm³/mol. The Morgan fingerprint density at radius 2 is 1.00 bits per heavy atom. The maximum absolute atomic E-state index is 12.4. The third kappa shape index (κ3) is 4.81. The van der Waals surface area contributed by atoms with Crippen molar-refractivity contribution in [3.05, 3.63) is 59.7 Å². The lowest BCUT2D eigenvalue weighted by molar-refractivity contribution is -0.132. The van der Waals surface area contributed by atoms with Crippen LogP contribution in [0.25, 0.3) is 0 Å². The number of ketones is 1. The lowest BCUT2D eigenvalue weighted by Gasteiger charge is -2.06. The van der Waals surface area contributed by atoms with E-state index < -0.39 is 11.9 Å². The lowest BCUT2D eigenvalue weighted by Crippen LogP contribution is -2.09. The van der Waals surface area contributed by atoms with Crippen LogP contribution >= 0.6 is 23.2 Å². The van der Waals surface area contributed by atoms with Crippen molar-refractivity contribution in [2.75, 3.05) is 11.8 Å². The van der Waals surface area contributed by atoms with Crippen LogP contribution in [0.4, 0.5) is 0 Å². The standard InChI is InChI=1S/C17H12Cl2O5/c18-9-15(20)23-13-5-1-11(2-6-13)17(22)12-3-7-14(8-4-12)24-16(21)10-19/h1-8H,9-10H2. The van der Waals surface area contributed by atoms with E-state index in [1.807, 2.05) is 0 Å². The highest BCUT2D eigenvalue weighted by molar-refractivity contribution is 6.26. The Morgan fingerprint density at radius 3 is 1.29 bits per heavy atom. The zero-order valence-electron chi connectivity index (χ0n) is 12.3. The van der Waals surface area contributed by atoms with Gasteiger partial charge in [-0.15, -0.1) is 23.2 Å². The summed E-state index contributed by atoms with van der Waals surface area (Å²) in [6.45, 7) is 0. The molecule has 0 aromatic heterocycles. The number of carbonyl (C=O) groups is 3. The van der Waals surface area contributed by atoms with E-state index in [2.05, 4.69) is 0 Å². The van der Waals surface area contributed by atoms with Crippen LogP contribution in [0, 0.1) is 0 Å². The molecule has 5 nitrogen and oxygen atoms in total. The molecule has 0 aliphatic carbocycles. The quantitative estimate of drug-likeness (QED) is 0.339. The van der Waals surface area contributed by atoms with Crippen molar-refractivity contribution in [2.24, 2.45) is 0 Å². The molecule has 0 N–H and O–H groups in total. The van der Waals surface area contributed by atoms with Crippen molar-refractivity contribution >= 4 is 40.9 Å². The molecule has 0 unspecified atom stereocenters. The summed E-state index contributed by atoms with van der Waals surface area (Å²) in [5.41, 5.74) is 0.845. The molecule has 2 aromatic carbocycles. The van der Waals surface area contributed by atoms with Crippen molar-refractivity contribution in [3.63, 3.8) is 0 Å². The molecule has 7 heteroatoms. The summed E-state index contributed by atoms with van der Waals surface area (Å²) in [4.78, 5) is 34.5. The zero-order chi connectivity index (χ0) is 17.5. The molecule has 2 rings (SSSR count). The summed E-state index contributed by atoms with van der Waals surface area (Å²) in [5, 5.41) is 0. The average Bonchev–Trinajstić information content (AvgIpc) is 2.62. The Labute approximate surface area is 148 Å². The molecule has 0 heterocycles. The van der Waals surface area contributed by atoms with Gasteiger partial charge in [0.15, 0.2) is 5.78 Å². The fraction of sp³-hybridized carbons (Fsp3) is 0.118. The SMILES string of the molecule is O=C(CCl)Oc1ccc(C(=O)c2ccc(OC(=O)CCl)cc2)cc1. The Morgan fingerprint density at radius 1 is 0.667 bits per heavy atom. The number of hydrogen-bond acceptors (Lipinski definition) is 5. The third-order valence-electron chi connectivity index (χ3n) is 2.91. The zero-order valence-corrected chi connectivity index (χ0v) is 13.8. The van der Waals surface area contributed by atoms with Gasteiger partial charge >= 0.3 is 11.9 Å². The second kappa shape index (κ2) is 8.47. The molecule has 124 valence electrons. The maximum Gasteiger partial charge on any atom is 0.326 e. The summed E-state index contributed by atoms with van der Waals surface area (Å²) in [5.74, 6) is -1.25. The van der Waals surface area contributed by atoms with Gasteiger partial charge in [-0.3, -0.25) is 14.4 Å². The smallest absolute Gasteiger partial charge is 0.326 e. The summed E-state index contributed by atoms with van der Waals surface area (Å²) in [6.07, 6.45) is 0. The van der Waals surface area contributed by atoms with Crippen molar-refractivity contribution in [3.8, 4) is 11.5 Å². The Kier molecular flexibility index (Phi) is 6.35. The molecule has 0 aliphatic heterocycles. The van der Waals surface area contributed by atoms with Crippen molar-refractivity contribution in [2.45, 2.75) is 0 Å². The van der Waals surface area contributed by atoms with Gasteiger partial charge in [0.1, 0.15) is 23.3 Å². The van der Waals surface area contributed by atoms with Crippen molar-refractivity contribution in [1.29, 1.82) is 0 Å². The topological polar surface area (TPSA) is 69.7 Å². The molecule has 24 heavy (non-hydrogen) atoms. The van der Waals surface area contributed by atoms with Gasteiger partial charge in [-0.2, -0.15) is 0 Å². The van der Waals surface area contributed by atoms with Gasteiger partial charge in [-0.05, 0) is 48.5 Å². The number of carbonyl (C=O) groups excluding carboxylic acids is 3. The van der Waals surface area contributed by atoms with Gasteiger partial charge in [0, 0.05) is 11.1 Å². The number of alkyl halides is 2. The average molecular weight is 367 g/mol. The van der Waals surface area contributed by atoms with Crippen LogP contribution in [-0.2, 0) is 9.59 Å². The second-order valence-electron chi connectivity index (χ2n) is 4.59. The molecule has 0 aliphatic rings. The molecule has 0 radical (unpaired) electrons. The number of ether oxygens (including phenoxy) is 2. The first-order chi connectivity index (χ1) is 11.5. The van der Waals surface area contributed by atoms with Crippen LogP contribution in [0.5, 0.6) is 11.5 Å². The molecular weight excluding hydrogens is 355 g/mol. The third-order valence-corrected chi connectivity index (χ3v) is 3.35. The van der Waals surface area contributed by atoms with Gasteiger partial charge in [-0.25, -0.2) is 0 Å². The van der Waals surface area contributed by atoms with Gasteiger partial charge in [0.2, 0.25) is 0 Å². The van der Waals surface area contributed by atoms with Crippen LogP contribution < -0.4 is 9.47 Å². The molecule has 0 amide bonds. The maximum atomic E-state index is 12.4.